The topological polar surface area (TPSA) is 26.0 Å². The number of hydrogen-bond donors (Lipinski definition) is 0. The summed E-state index contributed by atoms with van der Waals surface area (Å²) in [5.41, 5.74) is 1.01. The van der Waals surface area contributed by atoms with E-state index in [1.54, 1.807) is 6.07 Å². The summed E-state index contributed by atoms with van der Waals surface area (Å²) in [7, 11) is 0. The first-order valence-corrected chi connectivity index (χ1v) is 3.25. The van der Waals surface area contributed by atoms with E-state index in [2.05, 4.69) is 22.9 Å². The molecule has 0 amide bonds. The highest BCUT2D eigenvalue weighted by atomic mass is 16.5. The molecule has 2 nitrogen and oxygen atoms in total. The third-order valence-electron chi connectivity index (χ3n) is 1.23. The fourth-order valence-electron chi connectivity index (χ4n) is 0.681. The molecule has 1 aromatic rings. The molecule has 0 N–H and O–H groups in total. The summed E-state index contributed by atoms with van der Waals surface area (Å²) in [6.45, 7) is 2.16. The molecule has 1 aromatic heterocycles. The minimum Gasteiger partial charge on any atom is -0.353 e. The van der Waals surface area contributed by atoms with Crippen molar-refractivity contribution in [2.45, 2.75) is 26.2 Å². The minimum atomic E-state index is 1.01. The summed E-state index contributed by atoms with van der Waals surface area (Å²) in [6, 6.07) is 1.79. The van der Waals surface area contributed by atoms with Crippen molar-refractivity contribution in [1.82, 2.24) is 5.16 Å². The molecule has 0 aliphatic rings. The molecule has 0 unspecified atom stereocenters. The van der Waals surface area contributed by atoms with Gasteiger partial charge in [-0.15, -0.1) is 0 Å². The highest BCUT2D eigenvalue weighted by Gasteiger charge is 1.93. The first-order chi connectivity index (χ1) is 4.43. The number of hydrogen-bond acceptors (Lipinski definition) is 2. The van der Waals surface area contributed by atoms with Crippen LogP contribution in [0.25, 0.3) is 0 Å². The largest absolute Gasteiger partial charge is 0.353 e. The van der Waals surface area contributed by atoms with Crippen LogP contribution in [0, 0.1) is 6.26 Å². The molecule has 0 saturated heterocycles. The van der Waals surface area contributed by atoms with Gasteiger partial charge in [0.05, 0.1) is 5.69 Å². The van der Waals surface area contributed by atoms with Gasteiger partial charge in [0, 0.05) is 6.07 Å². The molecule has 1 heterocycles. The molecule has 0 spiro atoms. The molecule has 2 heteroatoms. The van der Waals surface area contributed by atoms with Crippen LogP contribution in [-0.4, -0.2) is 5.16 Å². The first-order valence-electron chi connectivity index (χ1n) is 3.25. The molecule has 1 radical (unpaired) electrons. The van der Waals surface area contributed by atoms with Crippen LogP contribution < -0.4 is 0 Å². The van der Waals surface area contributed by atoms with E-state index in [1.807, 2.05) is 0 Å². The summed E-state index contributed by atoms with van der Waals surface area (Å²) < 4.78 is 4.54. The van der Waals surface area contributed by atoms with Crippen LogP contribution in [0.4, 0.5) is 0 Å². The second-order valence-electron chi connectivity index (χ2n) is 2.04. The predicted molar refractivity (Wildman–Crippen MR) is 34.0 cm³/mol. The lowest BCUT2D eigenvalue weighted by Gasteiger charge is -1.87. The van der Waals surface area contributed by atoms with Crippen LogP contribution in [0.5, 0.6) is 0 Å². The van der Waals surface area contributed by atoms with Crippen molar-refractivity contribution in [3.63, 3.8) is 0 Å². The quantitative estimate of drug-likeness (QED) is 0.614. The third-order valence-corrected chi connectivity index (χ3v) is 1.23. The summed E-state index contributed by atoms with van der Waals surface area (Å²) in [5, 5.41) is 3.72. The SMILES string of the molecule is CCCCc1c[c]on1. The minimum absolute atomic E-state index is 1.01. The molecule has 0 aromatic carbocycles. The zero-order valence-corrected chi connectivity index (χ0v) is 5.55. The van der Waals surface area contributed by atoms with Gasteiger partial charge in [0.15, 0.2) is 0 Å². The third kappa shape index (κ3) is 1.88. The van der Waals surface area contributed by atoms with Crippen LogP contribution in [0.1, 0.15) is 25.5 Å². The van der Waals surface area contributed by atoms with Crippen molar-refractivity contribution in [3.05, 3.63) is 18.0 Å². The Morgan fingerprint density at radius 1 is 1.78 bits per heavy atom. The lowest BCUT2D eigenvalue weighted by Crippen LogP contribution is -1.81. The summed E-state index contributed by atoms with van der Waals surface area (Å²) in [5.74, 6) is 0. The average Bonchev–Trinajstić information content (AvgIpc) is 2.34. The van der Waals surface area contributed by atoms with Crippen LogP contribution in [-0.2, 0) is 6.42 Å². The monoisotopic (exact) mass is 124 g/mol. The lowest BCUT2D eigenvalue weighted by molar-refractivity contribution is 0.404. The highest BCUT2D eigenvalue weighted by Crippen LogP contribution is 1.99. The van der Waals surface area contributed by atoms with E-state index in [9.17, 15) is 0 Å². The molecule has 0 bridgehead atoms. The van der Waals surface area contributed by atoms with Gasteiger partial charge in [-0.25, -0.2) is 0 Å². The summed E-state index contributed by atoms with van der Waals surface area (Å²) >= 11 is 0. The van der Waals surface area contributed by atoms with Crippen LogP contribution in [0.3, 0.4) is 0 Å². The maximum absolute atomic E-state index is 4.54. The number of rotatable bonds is 3. The molecule has 9 heavy (non-hydrogen) atoms. The number of aromatic nitrogens is 1. The molecule has 1 rings (SSSR count). The van der Waals surface area contributed by atoms with Crippen LogP contribution in [0.2, 0.25) is 0 Å². The van der Waals surface area contributed by atoms with Gasteiger partial charge in [-0.2, -0.15) is 0 Å². The Hall–Kier alpha value is -0.790. The first kappa shape index (κ1) is 6.33. The van der Waals surface area contributed by atoms with E-state index in [0.717, 1.165) is 12.1 Å². The second-order valence-corrected chi connectivity index (χ2v) is 2.04. The second kappa shape index (κ2) is 3.28. The van der Waals surface area contributed by atoms with Gasteiger partial charge in [-0.1, -0.05) is 18.5 Å². The lowest BCUT2D eigenvalue weighted by atomic mass is 10.2. The van der Waals surface area contributed by atoms with E-state index in [-0.39, 0.29) is 0 Å². The number of nitrogens with zero attached hydrogens (tertiary/aromatic N) is 1. The van der Waals surface area contributed by atoms with Gasteiger partial charge in [0.25, 0.3) is 0 Å². The molecule has 0 fully saturated rings. The van der Waals surface area contributed by atoms with Crippen molar-refractivity contribution >= 4 is 0 Å². The Kier molecular flexibility index (Phi) is 2.31. The number of aryl methyl sites for hydroxylation is 1. The van der Waals surface area contributed by atoms with Crippen LogP contribution in [0.15, 0.2) is 10.6 Å². The van der Waals surface area contributed by atoms with Crippen molar-refractivity contribution in [1.29, 1.82) is 0 Å². The normalized spacial score (nSPS) is 9.89. The van der Waals surface area contributed by atoms with Crippen molar-refractivity contribution in [2.75, 3.05) is 0 Å². The maximum atomic E-state index is 4.54. The molecule has 49 valence electrons. The standard InChI is InChI=1S/C7H10NO/c1-2-3-4-7-5-6-9-8-7/h5H,2-4H2,1H3. The average molecular weight is 124 g/mol. The van der Waals surface area contributed by atoms with Gasteiger partial charge in [0.1, 0.15) is 0 Å². The smallest absolute Gasteiger partial charge is 0.205 e. The molecule has 0 atom stereocenters. The van der Waals surface area contributed by atoms with E-state index < -0.39 is 0 Å². The zero-order chi connectivity index (χ0) is 6.53. The van der Waals surface area contributed by atoms with Gasteiger partial charge < -0.3 is 4.52 Å². The van der Waals surface area contributed by atoms with E-state index in [1.165, 1.54) is 12.8 Å². The Labute approximate surface area is 54.9 Å². The summed E-state index contributed by atoms with van der Waals surface area (Å²) in [6.07, 6.45) is 5.95. The predicted octanol–water partition coefficient (Wildman–Crippen LogP) is 1.82. The van der Waals surface area contributed by atoms with Crippen molar-refractivity contribution < 1.29 is 4.52 Å². The number of unbranched alkanes of at least 4 members (excludes halogenated alkanes) is 1. The molecular weight excluding hydrogens is 114 g/mol. The van der Waals surface area contributed by atoms with Crippen molar-refractivity contribution in [2.24, 2.45) is 0 Å². The van der Waals surface area contributed by atoms with Gasteiger partial charge in [-0.05, 0) is 12.8 Å². The van der Waals surface area contributed by atoms with E-state index in [4.69, 9.17) is 0 Å². The molecular formula is C7H10NO. The van der Waals surface area contributed by atoms with Crippen LogP contribution >= 0.6 is 0 Å². The maximum Gasteiger partial charge on any atom is 0.205 e. The van der Waals surface area contributed by atoms with Crippen molar-refractivity contribution in [3.8, 4) is 0 Å². The Balaban J connectivity index is 2.30. The van der Waals surface area contributed by atoms with Gasteiger partial charge in [-0.3, -0.25) is 0 Å². The Morgan fingerprint density at radius 3 is 3.22 bits per heavy atom. The molecule has 0 aliphatic carbocycles. The van der Waals surface area contributed by atoms with Gasteiger partial charge in [0.2, 0.25) is 6.26 Å². The van der Waals surface area contributed by atoms with E-state index >= 15 is 0 Å². The van der Waals surface area contributed by atoms with E-state index in [0.29, 0.717) is 0 Å². The highest BCUT2D eigenvalue weighted by molar-refractivity contribution is 4.93. The zero-order valence-electron chi connectivity index (χ0n) is 5.55. The Morgan fingerprint density at radius 2 is 2.67 bits per heavy atom. The molecule has 0 aliphatic heterocycles. The van der Waals surface area contributed by atoms with Gasteiger partial charge >= 0.3 is 0 Å². The Bertz CT molecular complexity index is 146. The summed E-state index contributed by atoms with van der Waals surface area (Å²) in [4.78, 5) is 0. The fraction of sp³-hybridized carbons (Fsp3) is 0.571. The molecule has 0 saturated carbocycles. The fourth-order valence-corrected chi connectivity index (χ4v) is 0.681.